The first-order chi connectivity index (χ1) is 9.48. The van der Waals surface area contributed by atoms with Crippen molar-refractivity contribution in [3.8, 4) is 0 Å². The molecule has 2 aromatic rings. The Hall–Kier alpha value is -1.72. The molecule has 1 fully saturated rings. The number of hydrogen-bond donors (Lipinski definition) is 2. The predicted octanol–water partition coefficient (Wildman–Crippen LogP) is 0.943. The van der Waals surface area contributed by atoms with Gasteiger partial charge in [0.05, 0.1) is 11.8 Å². The highest BCUT2D eigenvalue weighted by molar-refractivity contribution is 5.37. The molecule has 0 saturated heterocycles. The Morgan fingerprint density at radius 3 is 3.00 bits per heavy atom. The average Bonchev–Trinajstić information content (AvgIpc) is 2.43. The summed E-state index contributed by atoms with van der Waals surface area (Å²) in [6, 6.07) is 7.31. The van der Waals surface area contributed by atoms with E-state index in [1.54, 1.807) is 12.3 Å². The Labute approximate surface area is 117 Å². The summed E-state index contributed by atoms with van der Waals surface area (Å²) in [7, 11) is 0. The number of rotatable bonds is 3. The van der Waals surface area contributed by atoms with Crippen molar-refractivity contribution < 1.29 is 5.11 Å². The molecule has 0 bridgehead atoms. The Morgan fingerprint density at radius 2 is 2.30 bits per heavy atom. The maximum atomic E-state index is 12.0. The largest absolute Gasteiger partial charge is 0.392 e. The van der Waals surface area contributed by atoms with Gasteiger partial charge in [-0.3, -0.25) is 9.20 Å². The molecule has 1 saturated carbocycles. The number of pyridine rings is 1. The van der Waals surface area contributed by atoms with Gasteiger partial charge in [0.25, 0.3) is 5.56 Å². The second-order valence-corrected chi connectivity index (χ2v) is 6.02. The topological polar surface area (TPSA) is 66.6 Å². The van der Waals surface area contributed by atoms with Crippen LogP contribution < -0.4 is 10.9 Å². The molecule has 20 heavy (non-hydrogen) atoms. The van der Waals surface area contributed by atoms with E-state index in [1.165, 1.54) is 4.40 Å². The van der Waals surface area contributed by atoms with E-state index in [2.05, 4.69) is 10.3 Å². The van der Waals surface area contributed by atoms with Gasteiger partial charge in [-0.25, -0.2) is 4.98 Å². The van der Waals surface area contributed by atoms with Crippen LogP contribution in [0.4, 0.5) is 0 Å². The first kappa shape index (κ1) is 13.3. The smallest absolute Gasteiger partial charge is 0.258 e. The Bertz CT molecular complexity index is 693. The minimum Gasteiger partial charge on any atom is -0.392 e. The molecular weight excluding hydrogens is 254 g/mol. The molecular formula is C15H19N3O2. The van der Waals surface area contributed by atoms with Crippen molar-refractivity contribution in [1.29, 1.82) is 0 Å². The van der Waals surface area contributed by atoms with E-state index in [-0.39, 0.29) is 23.1 Å². The lowest BCUT2D eigenvalue weighted by atomic mass is 9.64. The second kappa shape index (κ2) is 4.68. The highest BCUT2D eigenvalue weighted by Gasteiger charge is 2.46. The van der Waals surface area contributed by atoms with Gasteiger partial charge in [-0.2, -0.15) is 0 Å². The molecule has 0 amide bonds. The lowest BCUT2D eigenvalue weighted by Gasteiger charge is -2.49. The van der Waals surface area contributed by atoms with Crippen molar-refractivity contribution in [2.24, 2.45) is 5.41 Å². The molecule has 2 heterocycles. The van der Waals surface area contributed by atoms with Crippen LogP contribution in [0.1, 0.15) is 26.0 Å². The van der Waals surface area contributed by atoms with Crippen molar-refractivity contribution in [3.05, 3.63) is 46.5 Å². The highest BCUT2D eigenvalue weighted by Crippen LogP contribution is 2.40. The normalized spacial score (nSPS) is 24.6. The van der Waals surface area contributed by atoms with E-state index in [4.69, 9.17) is 0 Å². The molecule has 0 aliphatic heterocycles. The van der Waals surface area contributed by atoms with Crippen molar-refractivity contribution in [2.45, 2.75) is 39.0 Å². The van der Waals surface area contributed by atoms with Crippen LogP contribution in [0.5, 0.6) is 0 Å². The number of aliphatic hydroxyl groups is 1. The van der Waals surface area contributed by atoms with Crippen LogP contribution in [0.2, 0.25) is 0 Å². The van der Waals surface area contributed by atoms with Gasteiger partial charge in [-0.15, -0.1) is 0 Å². The summed E-state index contributed by atoms with van der Waals surface area (Å²) in [5.74, 6) is 0. The maximum absolute atomic E-state index is 12.0. The lowest BCUT2D eigenvalue weighted by Crippen LogP contribution is -2.59. The first-order valence-electron chi connectivity index (χ1n) is 6.87. The number of aromatic nitrogens is 2. The van der Waals surface area contributed by atoms with Crippen molar-refractivity contribution in [2.75, 3.05) is 0 Å². The van der Waals surface area contributed by atoms with Crippen LogP contribution in [-0.2, 0) is 6.54 Å². The molecule has 2 atom stereocenters. The third-order valence-electron chi connectivity index (χ3n) is 4.37. The third-order valence-corrected chi connectivity index (χ3v) is 4.37. The second-order valence-electron chi connectivity index (χ2n) is 6.02. The fourth-order valence-electron chi connectivity index (χ4n) is 2.67. The fourth-order valence-corrected chi connectivity index (χ4v) is 2.67. The van der Waals surface area contributed by atoms with E-state index >= 15 is 0 Å². The van der Waals surface area contributed by atoms with Gasteiger partial charge in [-0.05, 0) is 18.6 Å². The molecule has 0 aromatic carbocycles. The van der Waals surface area contributed by atoms with E-state index in [9.17, 15) is 9.90 Å². The fraction of sp³-hybridized carbons (Fsp3) is 0.467. The summed E-state index contributed by atoms with van der Waals surface area (Å²) in [6.45, 7) is 4.63. The van der Waals surface area contributed by atoms with E-state index in [1.807, 2.05) is 32.0 Å². The number of fused-ring (bicyclic) bond motifs is 1. The molecule has 0 spiro atoms. The summed E-state index contributed by atoms with van der Waals surface area (Å²) >= 11 is 0. The van der Waals surface area contributed by atoms with Gasteiger partial charge in [-0.1, -0.05) is 19.9 Å². The molecule has 106 valence electrons. The van der Waals surface area contributed by atoms with Crippen LogP contribution in [0.3, 0.4) is 0 Å². The monoisotopic (exact) mass is 273 g/mol. The van der Waals surface area contributed by atoms with Gasteiger partial charge < -0.3 is 10.4 Å². The predicted molar refractivity (Wildman–Crippen MR) is 76.5 cm³/mol. The zero-order chi connectivity index (χ0) is 14.3. The summed E-state index contributed by atoms with van der Waals surface area (Å²) in [5, 5.41) is 13.1. The van der Waals surface area contributed by atoms with Crippen LogP contribution in [0, 0.1) is 5.41 Å². The molecule has 2 aromatic heterocycles. The third kappa shape index (κ3) is 2.13. The van der Waals surface area contributed by atoms with Crippen LogP contribution >= 0.6 is 0 Å². The van der Waals surface area contributed by atoms with Crippen molar-refractivity contribution in [3.63, 3.8) is 0 Å². The van der Waals surface area contributed by atoms with Crippen LogP contribution in [0.25, 0.3) is 5.65 Å². The van der Waals surface area contributed by atoms with E-state index < -0.39 is 0 Å². The minimum absolute atomic E-state index is 0.0692. The quantitative estimate of drug-likeness (QED) is 0.873. The molecule has 3 rings (SSSR count). The van der Waals surface area contributed by atoms with Crippen LogP contribution in [-0.4, -0.2) is 26.6 Å². The molecule has 1 aliphatic rings. The zero-order valence-electron chi connectivity index (χ0n) is 11.7. The summed E-state index contributed by atoms with van der Waals surface area (Å²) in [6.07, 6.45) is 2.21. The van der Waals surface area contributed by atoms with Gasteiger partial charge in [0.1, 0.15) is 5.65 Å². The summed E-state index contributed by atoms with van der Waals surface area (Å²) in [5.41, 5.74) is 1.20. The minimum atomic E-state index is -0.254. The molecule has 2 unspecified atom stereocenters. The summed E-state index contributed by atoms with van der Waals surface area (Å²) in [4.78, 5) is 16.4. The Balaban J connectivity index is 1.77. The van der Waals surface area contributed by atoms with Gasteiger partial charge >= 0.3 is 0 Å². The molecule has 2 N–H and O–H groups in total. The number of nitrogens with zero attached hydrogens (tertiary/aromatic N) is 2. The van der Waals surface area contributed by atoms with Gasteiger partial charge in [0.15, 0.2) is 0 Å². The van der Waals surface area contributed by atoms with Gasteiger partial charge in [0, 0.05) is 30.3 Å². The lowest BCUT2D eigenvalue weighted by molar-refractivity contribution is -0.0730. The van der Waals surface area contributed by atoms with Crippen LogP contribution in [0.15, 0.2) is 35.3 Å². The number of nitrogens with one attached hydrogen (secondary N) is 1. The number of hydrogen-bond acceptors (Lipinski definition) is 4. The highest BCUT2D eigenvalue weighted by atomic mass is 16.3. The molecule has 1 aliphatic carbocycles. The maximum Gasteiger partial charge on any atom is 0.258 e. The zero-order valence-corrected chi connectivity index (χ0v) is 11.7. The standard InChI is InChI=1S/C15H19N3O2/c1-15(2)11(8-12(15)19)16-9-10-7-14(20)18-6-4-3-5-13(18)17-10/h3-7,11-12,16,19H,8-9H2,1-2H3. The molecule has 0 radical (unpaired) electrons. The Morgan fingerprint density at radius 1 is 1.50 bits per heavy atom. The average molecular weight is 273 g/mol. The van der Waals surface area contributed by atoms with Crippen molar-refractivity contribution in [1.82, 2.24) is 14.7 Å². The van der Waals surface area contributed by atoms with Gasteiger partial charge in [0.2, 0.25) is 0 Å². The van der Waals surface area contributed by atoms with Crippen molar-refractivity contribution >= 4 is 5.65 Å². The molecule has 5 nitrogen and oxygen atoms in total. The van der Waals surface area contributed by atoms with E-state index in [0.717, 1.165) is 12.1 Å². The summed E-state index contributed by atoms with van der Waals surface area (Å²) < 4.78 is 1.53. The first-order valence-corrected chi connectivity index (χ1v) is 6.87. The van der Waals surface area contributed by atoms with E-state index in [0.29, 0.717) is 12.2 Å². The molecule has 5 heteroatoms. The SMILES string of the molecule is CC1(C)C(O)CC1NCc1cc(=O)n2ccccc2n1. The number of aliphatic hydroxyl groups excluding tert-OH is 1. The Kier molecular flexibility index (Phi) is 3.11.